The van der Waals surface area contributed by atoms with E-state index >= 15 is 0 Å². The van der Waals surface area contributed by atoms with Crippen molar-refractivity contribution in [2.45, 2.75) is 51.7 Å². The molecule has 5 nitrogen and oxygen atoms in total. The summed E-state index contributed by atoms with van der Waals surface area (Å²) in [5.74, 6) is 0.362. The van der Waals surface area contributed by atoms with E-state index in [1.165, 1.54) is 0 Å². The highest BCUT2D eigenvalue weighted by molar-refractivity contribution is 5.44. The Morgan fingerprint density at radius 3 is 2.50 bits per heavy atom. The molecule has 1 aromatic heterocycles. The Labute approximate surface area is 107 Å². The molecule has 0 spiro atoms. The molecular formula is C13H18N4O. The highest BCUT2D eigenvalue weighted by Gasteiger charge is 2.22. The van der Waals surface area contributed by atoms with Crippen LogP contribution in [-0.4, -0.2) is 22.3 Å². The van der Waals surface area contributed by atoms with Gasteiger partial charge in [0.25, 0.3) is 5.88 Å². The summed E-state index contributed by atoms with van der Waals surface area (Å²) >= 11 is 0. The smallest absolute Gasteiger partial charge is 0.252 e. The van der Waals surface area contributed by atoms with Crippen molar-refractivity contribution in [3.05, 3.63) is 16.8 Å². The number of nitrogens with zero attached hydrogens (tertiary/aromatic N) is 3. The highest BCUT2D eigenvalue weighted by atomic mass is 16.5. The summed E-state index contributed by atoms with van der Waals surface area (Å²) in [5, 5.41) is 17.2. The van der Waals surface area contributed by atoms with Crippen molar-refractivity contribution in [1.29, 1.82) is 5.26 Å². The number of rotatable bonds is 2. The van der Waals surface area contributed by atoms with Gasteiger partial charge in [-0.1, -0.05) is 0 Å². The van der Waals surface area contributed by atoms with Gasteiger partial charge in [-0.05, 0) is 45.1 Å². The monoisotopic (exact) mass is 246 g/mol. The lowest BCUT2D eigenvalue weighted by molar-refractivity contribution is 0.139. The van der Waals surface area contributed by atoms with Crippen LogP contribution in [0.5, 0.6) is 5.88 Å². The van der Waals surface area contributed by atoms with Gasteiger partial charge in [-0.25, -0.2) is 0 Å². The van der Waals surface area contributed by atoms with E-state index in [0.717, 1.165) is 36.9 Å². The summed E-state index contributed by atoms with van der Waals surface area (Å²) in [7, 11) is 0. The number of hydrogen-bond acceptors (Lipinski definition) is 5. The largest absolute Gasteiger partial charge is 0.472 e. The number of nitriles is 1. The number of aromatic nitrogens is 2. The van der Waals surface area contributed by atoms with E-state index in [-0.39, 0.29) is 12.1 Å². The molecule has 5 heteroatoms. The Morgan fingerprint density at radius 1 is 1.22 bits per heavy atom. The van der Waals surface area contributed by atoms with E-state index in [1.807, 2.05) is 13.8 Å². The molecule has 0 atom stereocenters. The van der Waals surface area contributed by atoms with Gasteiger partial charge in [0.2, 0.25) is 0 Å². The third-order valence-electron chi connectivity index (χ3n) is 3.53. The molecule has 18 heavy (non-hydrogen) atoms. The molecule has 96 valence electrons. The van der Waals surface area contributed by atoms with Crippen LogP contribution < -0.4 is 10.5 Å². The first-order valence-corrected chi connectivity index (χ1v) is 6.28. The number of hydrogen-bond donors (Lipinski definition) is 1. The zero-order valence-electron chi connectivity index (χ0n) is 10.8. The van der Waals surface area contributed by atoms with Crippen LogP contribution in [0.15, 0.2) is 0 Å². The molecule has 1 heterocycles. The Hall–Kier alpha value is -1.67. The second kappa shape index (κ2) is 5.32. The second-order valence-electron chi connectivity index (χ2n) is 4.86. The quantitative estimate of drug-likeness (QED) is 0.857. The molecule has 0 unspecified atom stereocenters. The number of nitrogens with two attached hydrogens (primary N) is 1. The Balaban J connectivity index is 2.15. The number of aryl methyl sites for hydroxylation is 1. The SMILES string of the molecule is Cc1nnc(OC2CCC(N)CC2)c(C#N)c1C. The molecule has 1 saturated carbocycles. The summed E-state index contributed by atoms with van der Waals surface area (Å²) in [4.78, 5) is 0. The molecular weight excluding hydrogens is 228 g/mol. The minimum absolute atomic E-state index is 0.105. The van der Waals surface area contributed by atoms with Crippen molar-refractivity contribution in [3.63, 3.8) is 0 Å². The fourth-order valence-electron chi connectivity index (χ4n) is 2.17. The first-order chi connectivity index (χ1) is 8.61. The topological polar surface area (TPSA) is 84.8 Å². The van der Waals surface area contributed by atoms with Crippen LogP contribution in [0.4, 0.5) is 0 Å². The maximum absolute atomic E-state index is 9.18. The molecule has 0 aliphatic heterocycles. The lowest BCUT2D eigenvalue weighted by atomic mass is 9.94. The van der Waals surface area contributed by atoms with E-state index < -0.39 is 0 Å². The van der Waals surface area contributed by atoms with Crippen molar-refractivity contribution in [2.75, 3.05) is 0 Å². The van der Waals surface area contributed by atoms with Gasteiger partial charge >= 0.3 is 0 Å². The standard InChI is InChI=1S/C13H18N4O/c1-8-9(2)16-17-13(12(8)7-14)18-11-5-3-10(15)4-6-11/h10-11H,3-6,15H2,1-2H3. The van der Waals surface area contributed by atoms with Crippen LogP contribution >= 0.6 is 0 Å². The molecule has 0 aromatic carbocycles. The fraction of sp³-hybridized carbons (Fsp3) is 0.615. The van der Waals surface area contributed by atoms with Gasteiger partial charge in [0, 0.05) is 6.04 Å². The molecule has 1 aromatic rings. The summed E-state index contributed by atoms with van der Waals surface area (Å²) in [6.45, 7) is 3.71. The van der Waals surface area contributed by atoms with Crippen molar-refractivity contribution in [2.24, 2.45) is 5.73 Å². The fourth-order valence-corrected chi connectivity index (χ4v) is 2.17. The normalized spacial score (nSPS) is 23.4. The summed E-state index contributed by atoms with van der Waals surface area (Å²) < 4.78 is 5.81. The van der Waals surface area contributed by atoms with Gasteiger partial charge < -0.3 is 10.5 Å². The van der Waals surface area contributed by atoms with E-state index in [0.29, 0.717) is 11.4 Å². The summed E-state index contributed by atoms with van der Waals surface area (Å²) in [5.41, 5.74) is 7.96. The minimum Gasteiger partial charge on any atom is -0.472 e. The third-order valence-corrected chi connectivity index (χ3v) is 3.53. The lowest BCUT2D eigenvalue weighted by Crippen LogP contribution is -2.32. The first kappa shape index (κ1) is 12.8. The van der Waals surface area contributed by atoms with Crippen LogP contribution in [0.25, 0.3) is 0 Å². The Morgan fingerprint density at radius 2 is 1.89 bits per heavy atom. The van der Waals surface area contributed by atoms with E-state index in [2.05, 4.69) is 16.3 Å². The van der Waals surface area contributed by atoms with Gasteiger partial charge in [-0.15, -0.1) is 5.10 Å². The maximum Gasteiger partial charge on any atom is 0.252 e. The molecule has 0 bridgehead atoms. The molecule has 0 amide bonds. The minimum atomic E-state index is 0.105. The van der Waals surface area contributed by atoms with Crippen LogP contribution in [-0.2, 0) is 0 Å². The lowest BCUT2D eigenvalue weighted by Gasteiger charge is -2.26. The zero-order chi connectivity index (χ0) is 13.1. The maximum atomic E-state index is 9.18. The van der Waals surface area contributed by atoms with Gasteiger partial charge in [-0.2, -0.15) is 10.4 Å². The van der Waals surface area contributed by atoms with Gasteiger partial charge in [0.15, 0.2) is 0 Å². The molecule has 1 fully saturated rings. The summed E-state index contributed by atoms with van der Waals surface area (Å²) in [6.07, 6.45) is 3.87. The van der Waals surface area contributed by atoms with Crippen molar-refractivity contribution in [3.8, 4) is 11.9 Å². The zero-order valence-corrected chi connectivity index (χ0v) is 10.8. The predicted octanol–water partition coefficient (Wildman–Crippen LogP) is 1.61. The molecule has 1 aliphatic rings. The molecule has 0 saturated heterocycles. The van der Waals surface area contributed by atoms with Crippen molar-refractivity contribution >= 4 is 0 Å². The first-order valence-electron chi connectivity index (χ1n) is 6.28. The van der Waals surface area contributed by atoms with Crippen LogP contribution in [0.2, 0.25) is 0 Å². The van der Waals surface area contributed by atoms with Crippen LogP contribution in [0.1, 0.15) is 42.5 Å². The Kier molecular flexibility index (Phi) is 3.78. The molecule has 2 rings (SSSR count). The van der Waals surface area contributed by atoms with Crippen molar-refractivity contribution in [1.82, 2.24) is 10.2 Å². The molecule has 2 N–H and O–H groups in total. The van der Waals surface area contributed by atoms with Gasteiger partial charge in [0.1, 0.15) is 17.7 Å². The van der Waals surface area contributed by atoms with Crippen LogP contribution in [0, 0.1) is 25.2 Å². The van der Waals surface area contributed by atoms with Crippen LogP contribution in [0.3, 0.4) is 0 Å². The van der Waals surface area contributed by atoms with E-state index in [4.69, 9.17) is 10.5 Å². The van der Waals surface area contributed by atoms with Crippen molar-refractivity contribution < 1.29 is 4.74 Å². The average molecular weight is 246 g/mol. The Bertz CT molecular complexity index is 473. The van der Waals surface area contributed by atoms with E-state index in [1.54, 1.807) is 0 Å². The second-order valence-corrected chi connectivity index (χ2v) is 4.86. The van der Waals surface area contributed by atoms with Gasteiger partial charge in [0.05, 0.1) is 5.69 Å². The number of ether oxygens (including phenoxy) is 1. The predicted molar refractivity (Wildman–Crippen MR) is 67.1 cm³/mol. The molecule has 0 radical (unpaired) electrons. The highest BCUT2D eigenvalue weighted by Crippen LogP contribution is 2.25. The third kappa shape index (κ3) is 2.59. The summed E-state index contributed by atoms with van der Waals surface area (Å²) in [6, 6.07) is 2.43. The van der Waals surface area contributed by atoms with E-state index in [9.17, 15) is 5.26 Å². The average Bonchev–Trinajstić information content (AvgIpc) is 2.37. The van der Waals surface area contributed by atoms with Gasteiger partial charge in [-0.3, -0.25) is 0 Å². The molecule has 1 aliphatic carbocycles.